The highest BCUT2D eigenvalue weighted by molar-refractivity contribution is 7.99. The summed E-state index contributed by atoms with van der Waals surface area (Å²) in [5, 5.41) is 12.9. The summed E-state index contributed by atoms with van der Waals surface area (Å²) in [5.74, 6) is 2.89. The van der Waals surface area contributed by atoms with Gasteiger partial charge in [0.05, 0.1) is 25.0 Å². The molecular weight excluding hydrogens is 442 g/mol. The van der Waals surface area contributed by atoms with Crippen LogP contribution in [0.1, 0.15) is 44.3 Å². The Bertz CT molecular complexity index is 987. The van der Waals surface area contributed by atoms with Gasteiger partial charge in [-0.15, -0.1) is 10.2 Å². The predicted molar refractivity (Wildman–Crippen MR) is 125 cm³/mol. The number of hydrogen-bond acceptors (Lipinski definition) is 8. The van der Waals surface area contributed by atoms with Crippen molar-refractivity contribution < 1.29 is 19.0 Å². The maximum Gasteiger partial charge on any atom is 0.230 e. The largest absolute Gasteiger partial charge is 0.486 e. The van der Waals surface area contributed by atoms with Crippen molar-refractivity contribution >= 4 is 23.6 Å². The van der Waals surface area contributed by atoms with Crippen molar-refractivity contribution in [1.29, 1.82) is 0 Å². The molecule has 3 heterocycles. The van der Waals surface area contributed by atoms with Gasteiger partial charge in [-0.1, -0.05) is 31.7 Å². The molecule has 10 heteroatoms. The highest BCUT2D eigenvalue weighted by Crippen LogP contribution is 2.41. The summed E-state index contributed by atoms with van der Waals surface area (Å²) in [5.41, 5.74) is 1.02. The van der Waals surface area contributed by atoms with E-state index in [2.05, 4.69) is 38.8 Å². The van der Waals surface area contributed by atoms with Crippen molar-refractivity contribution in [2.45, 2.75) is 43.9 Å². The third-order valence-corrected chi connectivity index (χ3v) is 7.04. The fourth-order valence-corrected chi connectivity index (χ4v) is 5.04. The molecule has 1 aromatic carbocycles. The van der Waals surface area contributed by atoms with E-state index >= 15 is 0 Å². The number of morpholine rings is 1. The average Bonchev–Trinajstić information content (AvgIpc) is 3.59. The molecule has 1 aromatic heterocycles. The van der Waals surface area contributed by atoms with E-state index in [1.807, 2.05) is 18.2 Å². The van der Waals surface area contributed by atoms with E-state index in [4.69, 9.17) is 14.2 Å². The molecule has 5 rings (SSSR count). The minimum absolute atomic E-state index is 0.0214. The summed E-state index contributed by atoms with van der Waals surface area (Å²) in [4.78, 5) is 15.2. The second kappa shape index (κ2) is 9.80. The summed E-state index contributed by atoms with van der Waals surface area (Å²) in [6, 6.07) is 6.23. The summed E-state index contributed by atoms with van der Waals surface area (Å²) >= 11 is 1.45. The molecule has 0 spiro atoms. The number of ether oxygens (including phenoxy) is 3. The molecule has 1 aliphatic carbocycles. The molecule has 3 aliphatic rings. The number of carbonyl (C=O) groups excluding carboxylic acids is 1. The smallest absolute Gasteiger partial charge is 0.230 e. The average molecular weight is 474 g/mol. The van der Waals surface area contributed by atoms with Crippen LogP contribution in [-0.2, 0) is 9.53 Å². The van der Waals surface area contributed by atoms with Gasteiger partial charge >= 0.3 is 0 Å². The number of benzene rings is 1. The van der Waals surface area contributed by atoms with Gasteiger partial charge in [-0.2, -0.15) is 0 Å². The number of amides is 1. The first-order valence-corrected chi connectivity index (χ1v) is 12.7. The van der Waals surface area contributed by atoms with Gasteiger partial charge < -0.3 is 24.4 Å². The van der Waals surface area contributed by atoms with Crippen molar-refractivity contribution in [2.24, 2.45) is 5.92 Å². The fraction of sp³-hybridized carbons (Fsp3) is 0.609. The standard InChI is InChI=1S/C23H31N5O4S/c1-15(2)21(16-3-6-18-19(13-16)32-12-11-31-18)24-20(29)14-33-23-26-25-22(28(23)17-4-5-17)27-7-9-30-10-8-27/h3,6,13,15,17,21H,4-5,7-12,14H2,1-2H3,(H,24,29). The Morgan fingerprint density at radius 2 is 1.88 bits per heavy atom. The molecule has 0 bridgehead atoms. The quantitative estimate of drug-likeness (QED) is 0.586. The van der Waals surface area contributed by atoms with Crippen LogP contribution in [-0.4, -0.2) is 65.9 Å². The maximum atomic E-state index is 12.9. The number of nitrogens with zero attached hydrogens (tertiary/aromatic N) is 4. The fourth-order valence-electron chi connectivity index (χ4n) is 4.23. The minimum Gasteiger partial charge on any atom is -0.486 e. The zero-order valence-electron chi connectivity index (χ0n) is 19.2. The minimum atomic E-state index is -0.112. The third kappa shape index (κ3) is 5.06. The normalized spacial score (nSPS) is 18.9. The van der Waals surface area contributed by atoms with Gasteiger partial charge in [0.25, 0.3) is 0 Å². The van der Waals surface area contributed by atoms with Crippen LogP contribution >= 0.6 is 11.8 Å². The second-order valence-corrected chi connectivity index (χ2v) is 9.91. The molecular formula is C23H31N5O4S. The molecule has 33 heavy (non-hydrogen) atoms. The van der Waals surface area contributed by atoms with Crippen LogP contribution in [0, 0.1) is 5.92 Å². The Morgan fingerprint density at radius 1 is 1.12 bits per heavy atom. The highest BCUT2D eigenvalue weighted by Gasteiger charge is 2.32. The van der Waals surface area contributed by atoms with Crippen LogP contribution in [0.3, 0.4) is 0 Å². The summed E-state index contributed by atoms with van der Waals surface area (Å²) < 4.78 is 19.0. The molecule has 178 valence electrons. The van der Waals surface area contributed by atoms with Crippen molar-refractivity contribution in [3.63, 3.8) is 0 Å². The lowest BCUT2D eigenvalue weighted by molar-refractivity contribution is -0.119. The van der Waals surface area contributed by atoms with E-state index in [1.54, 1.807) is 0 Å². The molecule has 1 amide bonds. The summed E-state index contributed by atoms with van der Waals surface area (Å²) in [6.45, 7) is 8.37. The molecule has 1 saturated carbocycles. The van der Waals surface area contributed by atoms with Crippen molar-refractivity contribution in [3.05, 3.63) is 23.8 Å². The van der Waals surface area contributed by atoms with Crippen molar-refractivity contribution in [2.75, 3.05) is 50.2 Å². The SMILES string of the molecule is CC(C)C(NC(=O)CSc1nnc(N2CCOCC2)n1C1CC1)c1ccc2c(c1)OCCO2. The molecule has 0 radical (unpaired) electrons. The zero-order chi connectivity index (χ0) is 22.8. The van der Waals surface area contributed by atoms with Crippen LogP contribution in [0.25, 0.3) is 0 Å². The highest BCUT2D eigenvalue weighted by atomic mass is 32.2. The van der Waals surface area contributed by atoms with Gasteiger partial charge in [-0.25, -0.2) is 0 Å². The van der Waals surface area contributed by atoms with E-state index in [9.17, 15) is 4.79 Å². The van der Waals surface area contributed by atoms with Crippen LogP contribution < -0.4 is 19.7 Å². The Kier molecular flexibility index (Phi) is 6.64. The number of aromatic nitrogens is 3. The Balaban J connectivity index is 1.25. The molecule has 2 fully saturated rings. The van der Waals surface area contributed by atoms with Gasteiger partial charge in [0.1, 0.15) is 13.2 Å². The lowest BCUT2D eigenvalue weighted by Crippen LogP contribution is -2.38. The van der Waals surface area contributed by atoms with Crippen LogP contribution in [0.2, 0.25) is 0 Å². The monoisotopic (exact) mass is 473 g/mol. The molecule has 1 unspecified atom stereocenters. The van der Waals surface area contributed by atoms with Gasteiger partial charge in [-0.05, 0) is 36.5 Å². The van der Waals surface area contributed by atoms with Gasteiger partial charge in [0.2, 0.25) is 11.9 Å². The first-order chi connectivity index (χ1) is 16.1. The number of anilines is 1. The number of rotatable bonds is 8. The molecule has 1 atom stereocenters. The maximum absolute atomic E-state index is 12.9. The van der Waals surface area contributed by atoms with Crippen molar-refractivity contribution in [1.82, 2.24) is 20.1 Å². The van der Waals surface area contributed by atoms with E-state index < -0.39 is 0 Å². The van der Waals surface area contributed by atoms with E-state index in [0.29, 0.717) is 38.2 Å². The first-order valence-electron chi connectivity index (χ1n) is 11.7. The number of thioether (sulfide) groups is 1. The third-order valence-electron chi connectivity index (χ3n) is 6.09. The van der Waals surface area contributed by atoms with Crippen LogP contribution in [0.4, 0.5) is 5.95 Å². The van der Waals surface area contributed by atoms with E-state index in [-0.39, 0.29) is 17.9 Å². The second-order valence-electron chi connectivity index (χ2n) is 8.96. The topological polar surface area (TPSA) is 90.7 Å². The van der Waals surface area contributed by atoms with Crippen molar-refractivity contribution in [3.8, 4) is 11.5 Å². The number of fused-ring (bicyclic) bond motifs is 1. The Morgan fingerprint density at radius 3 is 2.61 bits per heavy atom. The summed E-state index contributed by atoms with van der Waals surface area (Å²) in [6.07, 6.45) is 2.27. The Hall–Kier alpha value is -2.46. The molecule has 1 saturated heterocycles. The summed E-state index contributed by atoms with van der Waals surface area (Å²) in [7, 11) is 0. The van der Waals surface area contributed by atoms with E-state index in [0.717, 1.165) is 54.1 Å². The molecule has 1 N–H and O–H groups in total. The molecule has 9 nitrogen and oxygen atoms in total. The number of nitrogens with one attached hydrogen (secondary N) is 1. The zero-order valence-corrected chi connectivity index (χ0v) is 20.0. The van der Waals surface area contributed by atoms with Gasteiger partial charge in [0.15, 0.2) is 16.7 Å². The van der Waals surface area contributed by atoms with Gasteiger partial charge in [-0.3, -0.25) is 9.36 Å². The number of carbonyl (C=O) groups is 1. The lowest BCUT2D eigenvalue weighted by Gasteiger charge is -2.28. The molecule has 2 aromatic rings. The predicted octanol–water partition coefficient (Wildman–Crippen LogP) is 2.83. The van der Waals surface area contributed by atoms with Crippen LogP contribution in [0.15, 0.2) is 23.4 Å². The van der Waals surface area contributed by atoms with E-state index in [1.165, 1.54) is 11.8 Å². The molecule has 2 aliphatic heterocycles. The first kappa shape index (κ1) is 22.3. The van der Waals surface area contributed by atoms with Gasteiger partial charge in [0, 0.05) is 19.1 Å². The van der Waals surface area contributed by atoms with Crippen LogP contribution in [0.5, 0.6) is 11.5 Å². The lowest BCUT2D eigenvalue weighted by atomic mass is 9.95. The Labute approximate surface area is 198 Å². The number of hydrogen-bond donors (Lipinski definition) is 1.